The molecule has 0 aromatic heterocycles. The van der Waals surface area contributed by atoms with Crippen LogP contribution in [0.3, 0.4) is 0 Å². The van der Waals surface area contributed by atoms with Crippen molar-refractivity contribution in [3.63, 3.8) is 0 Å². The Morgan fingerprint density at radius 2 is 2.06 bits per heavy atom. The Balaban J connectivity index is 1.57. The molecule has 0 radical (unpaired) electrons. The molecule has 100 valence electrons. The van der Waals surface area contributed by atoms with Gasteiger partial charge in [0.1, 0.15) is 0 Å². The van der Waals surface area contributed by atoms with E-state index in [2.05, 4.69) is 26.1 Å². The molecule has 18 heavy (non-hydrogen) atoms. The van der Waals surface area contributed by atoms with Gasteiger partial charge in [-0.15, -0.1) is 0 Å². The van der Waals surface area contributed by atoms with E-state index < -0.39 is 0 Å². The van der Waals surface area contributed by atoms with Gasteiger partial charge in [0.25, 0.3) is 0 Å². The van der Waals surface area contributed by atoms with E-state index in [0.717, 1.165) is 12.5 Å². The minimum Gasteiger partial charge on any atom is -0.404 e. The molecule has 3 nitrogen and oxygen atoms in total. The highest BCUT2D eigenvalue weighted by atomic mass is 16.7. The molecule has 5 atom stereocenters. The lowest BCUT2D eigenvalue weighted by molar-refractivity contribution is -0.199. The smallest absolute Gasteiger partial charge is 0.404 e. The Kier molecular flexibility index (Phi) is 2.30. The number of hydrogen-bond donors (Lipinski definition) is 1. The average Bonchev–Trinajstić information content (AvgIpc) is 2.92. The standard InChI is InChI=1S/C14H24BNO2/c1-13(2)9-7-10(13)14(3)11(8-9)17-15(18-14)12-5-4-6-16-12/h9-12,16H,4-8H2,1-3H3/t9?,10?,11-,12-,14+/m0/s1. The van der Waals surface area contributed by atoms with Crippen molar-refractivity contribution in [2.45, 2.75) is 64.1 Å². The zero-order chi connectivity index (χ0) is 12.5. The fourth-order valence-electron chi connectivity index (χ4n) is 5.01. The second-order valence-electron chi connectivity index (χ2n) is 7.54. The first-order chi connectivity index (χ1) is 8.52. The van der Waals surface area contributed by atoms with Gasteiger partial charge >= 0.3 is 7.12 Å². The number of rotatable bonds is 1. The third-order valence-electron chi connectivity index (χ3n) is 6.40. The Bertz CT molecular complexity index is 369. The van der Waals surface area contributed by atoms with Gasteiger partial charge in [0.05, 0.1) is 11.7 Å². The van der Waals surface area contributed by atoms with Crippen molar-refractivity contribution >= 4 is 7.12 Å². The third kappa shape index (κ3) is 1.32. The van der Waals surface area contributed by atoms with E-state index in [1.807, 2.05) is 0 Å². The summed E-state index contributed by atoms with van der Waals surface area (Å²) >= 11 is 0. The Morgan fingerprint density at radius 3 is 2.72 bits per heavy atom. The number of hydrogen-bond acceptors (Lipinski definition) is 3. The maximum Gasteiger partial charge on any atom is 0.475 e. The fourth-order valence-corrected chi connectivity index (χ4v) is 5.01. The monoisotopic (exact) mass is 249 g/mol. The van der Waals surface area contributed by atoms with Crippen LogP contribution < -0.4 is 5.32 Å². The molecular formula is C14H24BNO2. The van der Waals surface area contributed by atoms with Crippen molar-refractivity contribution in [3.05, 3.63) is 0 Å². The molecule has 0 amide bonds. The van der Waals surface area contributed by atoms with Crippen LogP contribution in [-0.2, 0) is 9.31 Å². The minimum atomic E-state index is -0.0345. The maximum absolute atomic E-state index is 6.44. The van der Waals surface area contributed by atoms with Crippen molar-refractivity contribution in [1.29, 1.82) is 0 Å². The lowest BCUT2D eigenvalue weighted by Gasteiger charge is -2.64. The van der Waals surface area contributed by atoms with Gasteiger partial charge in [-0.1, -0.05) is 13.8 Å². The maximum atomic E-state index is 6.44. The molecule has 1 N–H and O–H groups in total. The summed E-state index contributed by atoms with van der Waals surface area (Å²) < 4.78 is 12.7. The normalized spacial score (nSPS) is 53.2. The highest BCUT2D eigenvalue weighted by molar-refractivity contribution is 6.47. The van der Waals surface area contributed by atoms with Crippen molar-refractivity contribution in [3.8, 4) is 0 Å². The highest BCUT2D eigenvalue weighted by Crippen LogP contribution is 2.65. The van der Waals surface area contributed by atoms with Crippen LogP contribution >= 0.6 is 0 Å². The van der Waals surface area contributed by atoms with Gasteiger partial charge in [0, 0.05) is 5.94 Å². The molecule has 0 aromatic rings. The van der Waals surface area contributed by atoms with Crippen LogP contribution in [0.4, 0.5) is 0 Å². The summed E-state index contributed by atoms with van der Waals surface area (Å²) in [6.45, 7) is 8.25. The van der Waals surface area contributed by atoms with Crippen LogP contribution in [0.5, 0.6) is 0 Å². The number of nitrogens with one attached hydrogen (secondary N) is 1. The highest BCUT2D eigenvalue weighted by Gasteiger charge is 2.68. The lowest BCUT2D eigenvalue weighted by Crippen LogP contribution is -2.65. The zero-order valence-electron chi connectivity index (χ0n) is 11.7. The van der Waals surface area contributed by atoms with E-state index in [0.29, 0.717) is 23.4 Å². The van der Waals surface area contributed by atoms with E-state index in [1.54, 1.807) is 0 Å². The Labute approximate surface area is 110 Å². The first kappa shape index (κ1) is 11.7. The summed E-state index contributed by atoms with van der Waals surface area (Å²) in [4.78, 5) is 0. The van der Waals surface area contributed by atoms with Crippen molar-refractivity contribution in [2.24, 2.45) is 17.3 Å². The van der Waals surface area contributed by atoms with Crippen molar-refractivity contribution in [1.82, 2.24) is 5.32 Å². The summed E-state index contributed by atoms with van der Waals surface area (Å²) in [7, 11) is -0.00218. The third-order valence-corrected chi connectivity index (χ3v) is 6.40. The summed E-state index contributed by atoms with van der Waals surface area (Å²) in [5, 5.41) is 3.52. The van der Waals surface area contributed by atoms with Gasteiger partial charge in [-0.05, 0) is 56.4 Å². The molecular weight excluding hydrogens is 225 g/mol. The van der Waals surface area contributed by atoms with Gasteiger partial charge < -0.3 is 14.6 Å². The van der Waals surface area contributed by atoms with Gasteiger partial charge in [0.2, 0.25) is 0 Å². The van der Waals surface area contributed by atoms with E-state index in [4.69, 9.17) is 9.31 Å². The zero-order valence-corrected chi connectivity index (χ0v) is 11.7. The SMILES string of the molecule is CC1(C)C2CC1[C@@]1(C)OB([C@@H]3CCCN3)O[C@H]1C2. The molecule has 3 saturated carbocycles. The molecule has 4 heteroatoms. The quantitative estimate of drug-likeness (QED) is 0.721. The summed E-state index contributed by atoms with van der Waals surface area (Å²) in [6.07, 6.45) is 5.33. The molecule has 0 spiro atoms. The second-order valence-corrected chi connectivity index (χ2v) is 7.54. The van der Waals surface area contributed by atoms with Crippen molar-refractivity contribution in [2.75, 3.05) is 6.54 Å². The van der Waals surface area contributed by atoms with Crippen molar-refractivity contribution < 1.29 is 9.31 Å². The van der Waals surface area contributed by atoms with E-state index in [1.165, 1.54) is 25.7 Å². The molecule has 3 aliphatic carbocycles. The first-order valence-electron chi connectivity index (χ1n) is 7.58. The molecule has 5 aliphatic rings. The Hall–Kier alpha value is -0.0551. The van der Waals surface area contributed by atoms with Crippen LogP contribution in [0.2, 0.25) is 0 Å². The molecule has 5 rings (SSSR count). The van der Waals surface area contributed by atoms with Crippen LogP contribution in [0.1, 0.15) is 46.5 Å². The first-order valence-corrected chi connectivity index (χ1v) is 7.58. The molecule has 2 bridgehead atoms. The molecule has 0 aromatic carbocycles. The lowest BCUT2D eigenvalue weighted by atomic mass is 9.43. The molecule has 2 unspecified atom stereocenters. The molecule has 2 heterocycles. The van der Waals surface area contributed by atoms with Crippen LogP contribution in [0, 0.1) is 17.3 Å². The average molecular weight is 249 g/mol. The van der Waals surface area contributed by atoms with Gasteiger partial charge in [-0.3, -0.25) is 0 Å². The second kappa shape index (κ2) is 3.53. The Morgan fingerprint density at radius 1 is 1.22 bits per heavy atom. The fraction of sp³-hybridized carbons (Fsp3) is 1.00. The topological polar surface area (TPSA) is 30.5 Å². The molecule has 2 saturated heterocycles. The van der Waals surface area contributed by atoms with Crippen LogP contribution in [0.25, 0.3) is 0 Å². The molecule has 5 fully saturated rings. The van der Waals surface area contributed by atoms with Crippen LogP contribution in [0.15, 0.2) is 0 Å². The van der Waals surface area contributed by atoms with E-state index in [-0.39, 0.29) is 12.7 Å². The van der Waals surface area contributed by atoms with Gasteiger partial charge in [-0.2, -0.15) is 0 Å². The van der Waals surface area contributed by atoms with E-state index in [9.17, 15) is 0 Å². The summed E-state index contributed by atoms with van der Waals surface area (Å²) in [5.41, 5.74) is 0.416. The molecule has 2 aliphatic heterocycles. The summed E-state index contributed by atoms with van der Waals surface area (Å²) in [6, 6.07) is 0. The minimum absolute atomic E-state index is 0.00218. The largest absolute Gasteiger partial charge is 0.475 e. The predicted octanol–water partition coefficient (Wildman–Crippen LogP) is 2.01. The summed E-state index contributed by atoms with van der Waals surface area (Å²) in [5.74, 6) is 1.95. The van der Waals surface area contributed by atoms with E-state index >= 15 is 0 Å². The van der Waals surface area contributed by atoms with Crippen LogP contribution in [-0.4, -0.2) is 31.3 Å². The van der Waals surface area contributed by atoms with Gasteiger partial charge in [-0.25, -0.2) is 0 Å². The predicted molar refractivity (Wildman–Crippen MR) is 71.1 cm³/mol. The van der Waals surface area contributed by atoms with Gasteiger partial charge in [0.15, 0.2) is 0 Å².